The molecule has 1 spiro atoms. The molecule has 25 heavy (non-hydrogen) atoms. The minimum Gasteiger partial charge on any atom is -0.455 e. The molecule has 0 aromatic heterocycles. The number of hydrogen-bond acceptors (Lipinski definition) is 3. The van der Waals surface area contributed by atoms with Gasteiger partial charge in [0.15, 0.2) is 5.75 Å². The van der Waals surface area contributed by atoms with Gasteiger partial charge in [-0.05, 0) is 62.0 Å². The van der Waals surface area contributed by atoms with Crippen LogP contribution in [-0.4, -0.2) is 19.0 Å². The van der Waals surface area contributed by atoms with E-state index in [-0.39, 0.29) is 17.2 Å². The van der Waals surface area contributed by atoms with Gasteiger partial charge in [0.25, 0.3) is 0 Å². The van der Waals surface area contributed by atoms with Crippen molar-refractivity contribution < 1.29 is 13.9 Å². The second-order valence-corrected chi connectivity index (χ2v) is 6.91. The first-order valence-electron chi connectivity index (χ1n) is 8.70. The van der Waals surface area contributed by atoms with Gasteiger partial charge in [-0.2, -0.15) is 0 Å². The van der Waals surface area contributed by atoms with E-state index in [4.69, 9.17) is 4.74 Å². The van der Waals surface area contributed by atoms with Crippen molar-refractivity contribution in [3.05, 3.63) is 54.3 Å². The molecule has 1 atom stereocenters. The van der Waals surface area contributed by atoms with Crippen LogP contribution in [0.15, 0.2) is 48.5 Å². The van der Waals surface area contributed by atoms with Gasteiger partial charge in [-0.25, -0.2) is 4.39 Å². The molecule has 4 rings (SSSR count). The normalized spacial score (nSPS) is 20.9. The van der Waals surface area contributed by atoms with Gasteiger partial charge in [-0.15, -0.1) is 0 Å². The number of ether oxygens (including phenoxy) is 1. The summed E-state index contributed by atoms with van der Waals surface area (Å²) in [6, 6.07) is 13.5. The smallest absolute Gasteiger partial charge is 0.228 e. The fourth-order valence-electron chi connectivity index (χ4n) is 3.72. The number of halogens is 1. The molecule has 1 saturated heterocycles. The van der Waals surface area contributed by atoms with Gasteiger partial charge in [-0.3, -0.25) is 4.79 Å². The first kappa shape index (κ1) is 16.1. The summed E-state index contributed by atoms with van der Waals surface area (Å²) in [4.78, 5) is 12.7. The minimum atomic E-state index is -0.400. The van der Waals surface area contributed by atoms with E-state index in [1.807, 2.05) is 30.3 Å². The lowest BCUT2D eigenvalue weighted by atomic mass is 9.92. The Morgan fingerprint density at radius 3 is 2.68 bits per heavy atom. The molecule has 0 radical (unpaired) electrons. The third-order valence-electron chi connectivity index (χ3n) is 5.28. The van der Waals surface area contributed by atoms with Crippen LogP contribution in [0, 0.1) is 17.2 Å². The van der Waals surface area contributed by atoms with E-state index in [1.165, 1.54) is 12.1 Å². The lowest BCUT2D eigenvalue weighted by molar-refractivity contribution is -0.118. The highest BCUT2D eigenvalue weighted by Gasteiger charge is 2.57. The van der Waals surface area contributed by atoms with Gasteiger partial charge in [0, 0.05) is 12.0 Å². The Hall–Kier alpha value is -2.40. The van der Waals surface area contributed by atoms with E-state index in [1.54, 1.807) is 6.07 Å². The Kier molecular flexibility index (Phi) is 4.17. The van der Waals surface area contributed by atoms with Crippen LogP contribution in [-0.2, 0) is 4.79 Å². The fraction of sp³-hybridized carbons (Fsp3) is 0.350. The Morgan fingerprint density at radius 2 is 1.92 bits per heavy atom. The lowest BCUT2D eigenvalue weighted by Gasteiger charge is -2.23. The standard InChI is InChI=1S/C20H21FN2O2/c21-14-6-7-18(25-15-4-2-1-3-5-15)17(12-14)23-19(24)16-13-20(16)8-10-22-11-9-20/h1-7,12,16,22H,8-11,13H2,(H,23,24). The molecule has 2 N–H and O–H groups in total. The maximum Gasteiger partial charge on any atom is 0.228 e. The van der Waals surface area contributed by atoms with Crippen LogP contribution >= 0.6 is 0 Å². The third kappa shape index (κ3) is 3.37. The average Bonchev–Trinajstić information content (AvgIpc) is 3.32. The number of para-hydroxylation sites is 1. The third-order valence-corrected chi connectivity index (χ3v) is 5.28. The number of carbonyl (C=O) groups excluding carboxylic acids is 1. The van der Waals surface area contributed by atoms with E-state index in [9.17, 15) is 9.18 Å². The van der Waals surface area contributed by atoms with Crippen LogP contribution in [0.3, 0.4) is 0 Å². The molecule has 2 aromatic carbocycles. The molecule has 2 aliphatic rings. The molecule has 2 fully saturated rings. The van der Waals surface area contributed by atoms with Gasteiger partial charge in [0.05, 0.1) is 5.69 Å². The van der Waals surface area contributed by atoms with E-state index in [0.29, 0.717) is 17.2 Å². The highest BCUT2D eigenvalue weighted by Crippen LogP contribution is 2.58. The van der Waals surface area contributed by atoms with E-state index in [0.717, 1.165) is 32.4 Å². The van der Waals surface area contributed by atoms with Crippen molar-refractivity contribution >= 4 is 11.6 Å². The molecule has 5 heteroatoms. The van der Waals surface area contributed by atoms with Gasteiger partial charge in [-0.1, -0.05) is 18.2 Å². The molecular weight excluding hydrogens is 319 g/mol. The van der Waals surface area contributed by atoms with E-state index >= 15 is 0 Å². The predicted octanol–water partition coefficient (Wildman–Crippen LogP) is 3.95. The summed E-state index contributed by atoms with van der Waals surface area (Å²) in [5.41, 5.74) is 0.521. The number of amides is 1. The topological polar surface area (TPSA) is 50.4 Å². The van der Waals surface area contributed by atoms with Crippen molar-refractivity contribution in [2.45, 2.75) is 19.3 Å². The van der Waals surface area contributed by atoms with Crippen molar-refractivity contribution in [2.24, 2.45) is 11.3 Å². The SMILES string of the molecule is O=C(Nc1cc(F)ccc1Oc1ccccc1)C1CC12CCNCC2. The maximum absolute atomic E-state index is 13.7. The highest BCUT2D eigenvalue weighted by molar-refractivity contribution is 5.96. The number of rotatable bonds is 4. The zero-order chi connectivity index (χ0) is 17.3. The highest BCUT2D eigenvalue weighted by atomic mass is 19.1. The molecule has 4 nitrogen and oxygen atoms in total. The number of anilines is 1. The van der Waals surface area contributed by atoms with Crippen molar-refractivity contribution in [3.8, 4) is 11.5 Å². The molecule has 1 heterocycles. The molecule has 1 unspecified atom stereocenters. The quantitative estimate of drug-likeness (QED) is 0.886. The average molecular weight is 340 g/mol. The molecule has 1 aliphatic carbocycles. The summed E-state index contributed by atoms with van der Waals surface area (Å²) in [6.45, 7) is 1.93. The monoisotopic (exact) mass is 340 g/mol. The molecular formula is C20H21FN2O2. The summed E-state index contributed by atoms with van der Waals surface area (Å²) in [7, 11) is 0. The summed E-state index contributed by atoms with van der Waals surface area (Å²) in [6.07, 6.45) is 2.98. The molecule has 130 valence electrons. The second kappa shape index (κ2) is 6.48. The summed E-state index contributed by atoms with van der Waals surface area (Å²) < 4.78 is 19.5. The molecule has 0 bridgehead atoms. The number of piperidine rings is 1. The Balaban J connectivity index is 1.50. The Labute approximate surface area is 146 Å². The van der Waals surface area contributed by atoms with Crippen LogP contribution in [0.4, 0.5) is 10.1 Å². The first-order chi connectivity index (χ1) is 12.2. The van der Waals surface area contributed by atoms with Gasteiger partial charge < -0.3 is 15.4 Å². The molecule has 1 saturated carbocycles. The van der Waals surface area contributed by atoms with Crippen molar-refractivity contribution in [2.75, 3.05) is 18.4 Å². The van der Waals surface area contributed by atoms with Gasteiger partial charge in [0.2, 0.25) is 5.91 Å². The lowest BCUT2D eigenvalue weighted by Crippen LogP contribution is -2.31. The van der Waals surface area contributed by atoms with Crippen molar-refractivity contribution in [1.82, 2.24) is 5.32 Å². The van der Waals surface area contributed by atoms with Gasteiger partial charge >= 0.3 is 0 Å². The van der Waals surface area contributed by atoms with Crippen LogP contribution in [0.1, 0.15) is 19.3 Å². The zero-order valence-corrected chi connectivity index (χ0v) is 13.9. The van der Waals surface area contributed by atoms with Crippen LogP contribution < -0.4 is 15.4 Å². The summed E-state index contributed by atoms with van der Waals surface area (Å²) in [5, 5.41) is 6.21. The largest absolute Gasteiger partial charge is 0.455 e. The number of carbonyl (C=O) groups is 1. The molecule has 1 amide bonds. The van der Waals surface area contributed by atoms with Crippen molar-refractivity contribution in [1.29, 1.82) is 0 Å². The number of benzene rings is 2. The summed E-state index contributed by atoms with van der Waals surface area (Å²) in [5.74, 6) is 0.669. The number of nitrogens with one attached hydrogen (secondary N) is 2. The van der Waals surface area contributed by atoms with Crippen LogP contribution in [0.2, 0.25) is 0 Å². The number of hydrogen-bond donors (Lipinski definition) is 2. The Bertz CT molecular complexity index is 773. The minimum absolute atomic E-state index is 0.0162. The van der Waals surface area contributed by atoms with Crippen LogP contribution in [0.5, 0.6) is 11.5 Å². The first-order valence-corrected chi connectivity index (χ1v) is 8.70. The molecule has 2 aromatic rings. The van der Waals surface area contributed by atoms with E-state index < -0.39 is 5.82 Å². The second-order valence-electron chi connectivity index (χ2n) is 6.91. The van der Waals surface area contributed by atoms with E-state index in [2.05, 4.69) is 10.6 Å². The maximum atomic E-state index is 13.7. The predicted molar refractivity (Wildman–Crippen MR) is 94.2 cm³/mol. The zero-order valence-electron chi connectivity index (χ0n) is 13.9. The fourth-order valence-corrected chi connectivity index (χ4v) is 3.72. The molecule has 1 aliphatic heterocycles. The van der Waals surface area contributed by atoms with Crippen molar-refractivity contribution in [3.63, 3.8) is 0 Å². The summed E-state index contributed by atoms with van der Waals surface area (Å²) >= 11 is 0. The Morgan fingerprint density at radius 1 is 1.16 bits per heavy atom. The van der Waals surface area contributed by atoms with Gasteiger partial charge in [0.1, 0.15) is 11.6 Å². The van der Waals surface area contributed by atoms with Crippen LogP contribution in [0.25, 0.3) is 0 Å².